The molecule has 2 aliphatic rings. The summed E-state index contributed by atoms with van der Waals surface area (Å²) in [6, 6.07) is 0.223. The average Bonchev–Trinajstić information content (AvgIpc) is 2.40. The van der Waals surface area contributed by atoms with Gasteiger partial charge in [0, 0.05) is 11.6 Å². The van der Waals surface area contributed by atoms with Crippen molar-refractivity contribution in [3.05, 3.63) is 11.6 Å². The van der Waals surface area contributed by atoms with Gasteiger partial charge in [0.2, 0.25) is 0 Å². The minimum Gasteiger partial charge on any atom is -0.323 e. The molecule has 0 spiro atoms. The summed E-state index contributed by atoms with van der Waals surface area (Å²) in [5.41, 5.74) is 8.18. The van der Waals surface area contributed by atoms with Crippen LogP contribution in [0.4, 0.5) is 0 Å². The highest BCUT2D eigenvalue weighted by molar-refractivity contribution is 5.18. The number of hydrogen-bond donors (Lipinski definition) is 1. The van der Waals surface area contributed by atoms with E-state index >= 15 is 0 Å². The molecule has 1 fully saturated rings. The van der Waals surface area contributed by atoms with Gasteiger partial charge >= 0.3 is 0 Å². The Kier molecular flexibility index (Phi) is 4.26. The average molecular weight is 236 g/mol. The zero-order valence-corrected chi connectivity index (χ0v) is 11.5. The van der Waals surface area contributed by atoms with E-state index in [1.807, 2.05) is 0 Å². The van der Waals surface area contributed by atoms with Crippen LogP contribution in [0.2, 0.25) is 0 Å². The van der Waals surface area contributed by atoms with Crippen LogP contribution in [0.15, 0.2) is 11.6 Å². The molecule has 0 aromatic carbocycles. The summed E-state index contributed by atoms with van der Waals surface area (Å²) in [5.74, 6) is 0. The Morgan fingerprint density at radius 1 is 1.12 bits per heavy atom. The van der Waals surface area contributed by atoms with Crippen LogP contribution in [0, 0.1) is 0 Å². The van der Waals surface area contributed by atoms with Gasteiger partial charge in [-0.15, -0.1) is 0 Å². The number of likely N-dealkylation sites (tertiary alicyclic amines) is 1. The molecule has 1 aliphatic carbocycles. The first kappa shape index (κ1) is 13.1. The van der Waals surface area contributed by atoms with Gasteiger partial charge in [-0.05, 0) is 65.5 Å². The predicted molar refractivity (Wildman–Crippen MR) is 74.0 cm³/mol. The zero-order chi connectivity index (χ0) is 12.3. The lowest BCUT2D eigenvalue weighted by Gasteiger charge is -2.45. The Hall–Kier alpha value is -0.340. The summed E-state index contributed by atoms with van der Waals surface area (Å²) in [6.45, 7) is 7.12. The Bertz CT molecular complexity index is 275. The van der Waals surface area contributed by atoms with Crippen LogP contribution in [0.25, 0.3) is 0 Å². The topological polar surface area (TPSA) is 29.3 Å². The second kappa shape index (κ2) is 5.53. The Morgan fingerprint density at radius 2 is 1.82 bits per heavy atom. The number of hydrogen-bond acceptors (Lipinski definition) is 2. The molecule has 0 aromatic rings. The van der Waals surface area contributed by atoms with Crippen LogP contribution in [0.3, 0.4) is 0 Å². The SMILES string of the molecule is CC(C)(C(N)C1=CCCCC1)N1CCCCC1. The van der Waals surface area contributed by atoms with Gasteiger partial charge in [-0.2, -0.15) is 0 Å². The molecule has 17 heavy (non-hydrogen) atoms. The summed E-state index contributed by atoms with van der Waals surface area (Å²) in [5, 5.41) is 0. The van der Waals surface area contributed by atoms with Gasteiger partial charge in [-0.25, -0.2) is 0 Å². The van der Waals surface area contributed by atoms with Gasteiger partial charge in [0.15, 0.2) is 0 Å². The second-order valence-corrected chi connectivity index (χ2v) is 6.20. The number of rotatable bonds is 3. The summed E-state index contributed by atoms with van der Waals surface area (Å²) in [4.78, 5) is 2.61. The molecule has 0 amide bonds. The highest BCUT2D eigenvalue weighted by Gasteiger charge is 2.35. The maximum Gasteiger partial charge on any atom is 0.0435 e. The van der Waals surface area contributed by atoms with Gasteiger partial charge in [0.1, 0.15) is 0 Å². The maximum absolute atomic E-state index is 6.55. The fourth-order valence-corrected chi connectivity index (χ4v) is 3.27. The van der Waals surface area contributed by atoms with E-state index in [0.717, 1.165) is 0 Å². The Balaban J connectivity index is 2.04. The van der Waals surface area contributed by atoms with E-state index in [2.05, 4.69) is 24.8 Å². The van der Waals surface area contributed by atoms with Crippen LogP contribution in [-0.4, -0.2) is 29.6 Å². The van der Waals surface area contributed by atoms with E-state index in [4.69, 9.17) is 5.73 Å². The number of nitrogens with zero attached hydrogens (tertiary/aromatic N) is 1. The van der Waals surface area contributed by atoms with Crippen molar-refractivity contribution in [1.29, 1.82) is 0 Å². The number of nitrogens with two attached hydrogens (primary N) is 1. The van der Waals surface area contributed by atoms with Crippen molar-refractivity contribution < 1.29 is 0 Å². The van der Waals surface area contributed by atoms with Crippen molar-refractivity contribution in [2.45, 2.75) is 70.4 Å². The number of piperidine rings is 1. The minimum absolute atomic E-state index is 0.129. The molecule has 1 unspecified atom stereocenters. The molecule has 2 nitrogen and oxygen atoms in total. The van der Waals surface area contributed by atoms with Crippen LogP contribution >= 0.6 is 0 Å². The zero-order valence-electron chi connectivity index (χ0n) is 11.5. The van der Waals surface area contributed by atoms with Crippen LogP contribution < -0.4 is 5.73 Å². The summed E-state index contributed by atoms with van der Waals surface area (Å²) in [7, 11) is 0. The van der Waals surface area contributed by atoms with Crippen LogP contribution in [0.1, 0.15) is 58.8 Å². The van der Waals surface area contributed by atoms with E-state index in [0.29, 0.717) is 0 Å². The van der Waals surface area contributed by atoms with Gasteiger partial charge in [0.05, 0.1) is 0 Å². The highest BCUT2D eigenvalue weighted by Crippen LogP contribution is 2.30. The third-order valence-corrected chi connectivity index (χ3v) is 4.66. The molecule has 0 aromatic heterocycles. The lowest BCUT2D eigenvalue weighted by atomic mass is 9.82. The maximum atomic E-state index is 6.55. The first-order valence-corrected chi connectivity index (χ1v) is 7.32. The first-order valence-electron chi connectivity index (χ1n) is 7.32. The van der Waals surface area contributed by atoms with Crippen LogP contribution in [0.5, 0.6) is 0 Å². The van der Waals surface area contributed by atoms with Gasteiger partial charge in [0.25, 0.3) is 0 Å². The second-order valence-electron chi connectivity index (χ2n) is 6.20. The van der Waals surface area contributed by atoms with Gasteiger partial charge in [-0.3, -0.25) is 4.90 Å². The summed E-state index contributed by atoms with van der Waals surface area (Å²) >= 11 is 0. The predicted octanol–water partition coefficient (Wildman–Crippen LogP) is 3.08. The van der Waals surface area contributed by atoms with Crippen molar-refractivity contribution in [2.75, 3.05) is 13.1 Å². The van der Waals surface area contributed by atoms with E-state index in [9.17, 15) is 0 Å². The molecular weight excluding hydrogens is 208 g/mol. The van der Waals surface area contributed by atoms with Crippen LogP contribution in [-0.2, 0) is 0 Å². The van der Waals surface area contributed by atoms with Gasteiger partial charge in [-0.1, -0.05) is 18.1 Å². The molecule has 1 aliphatic heterocycles. The van der Waals surface area contributed by atoms with Crippen molar-refractivity contribution >= 4 is 0 Å². The van der Waals surface area contributed by atoms with E-state index < -0.39 is 0 Å². The molecule has 98 valence electrons. The largest absolute Gasteiger partial charge is 0.323 e. The lowest BCUT2D eigenvalue weighted by molar-refractivity contribution is 0.0810. The Morgan fingerprint density at radius 3 is 2.41 bits per heavy atom. The van der Waals surface area contributed by atoms with Crippen molar-refractivity contribution in [2.24, 2.45) is 5.73 Å². The highest BCUT2D eigenvalue weighted by atomic mass is 15.2. The third kappa shape index (κ3) is 2.92. The monoisotopic (exact) mass is 236 g/mol. The summed E-state index contributed by atoms with van der Waals surface area (Å²) < 4.78 is 0. The lowest BCUT2D eigenvalue weighted by Crippen LogP contribution is -2.58. The van der Waals surface area contributed by atoms with E-state index in [-0.39, 0.29) is 11.6 Å². The fraction of sp³-hybridized carbons (Fsp3) is 0.867. The Labute approximate surface area is 106 Å². The third-order valence-electron chi connectivity index (χ3n) is 4.66. The molecular formula is C15H28N2. The van der Waals surface area contributed by atoms with Crippen molar-refractivity contribution in [3.8, 4) is 0 Å². The first-order chi connectivity index (χ1) is 8.12. The molecule has 0 saturated carbocycles. The molecule has 0 radical (unpaired) electrons. The quantitative estimate of drug-likeness (QED) is 0.763. The van der Waals surface area contributed by atoms with Crippen molar-refractivity contribution in [3.63, 3.8) is 0 Å². The molecule has 2 heteroatoms. The normalized spacial score (nSPS) is 25.5. The molecule has 1 atom stereocenters. The molecule has 1 saturated heterocycles. The minimum atomic E-state index is 0.129. The standard InChI is InChI=1S/C15H28N2/c1-15(2,17-11-7-4-8-12-17)14(16)13-9-5-3-6-10-13/h9,14H,3-8,10-12,16H2,1-2H3. The molecule has 1 heterocycles. The molecule has 2 N–H and O–H groups in total. The fourth-order valence-electron chi connectivity index (χ4n) is 3.27. The van der Waals surface area contributed by atoms with Gasteiger partial charge < -0.3 is 5.73 Å². The number of allylic oxidation sites excluding steroid dienone is 1. The smallest absolute Gasteiger partial charge is 0.0435 e. The molecule has 2 rings (SSSR count). The van der Waals surface area contributed by atoms with Crippen molar-refractivity contribution in [1.82, 2.24) is 4.90 Å². The van der Waals surface area contributed by atoms with E-state index in [1.54, 1.807) is 0 Å². The molecule has 0 bridgehead atoms. The summed E-state index contributed by atoms with van der Waals surface area (Å²) in [6.07, 6.45) is 11.6. The van der Waals surface area contributed by atoms with E-state index in [1.165, 1.54) is 63.6 Å².